The maximum absolute atomic E-state index is 12.5. The first-order valence-corrected chi connectivity index (χ1v) is 11.1. The number of hydrogen-bond acceptors (Lipinski definition) is 6. The molecule has 29 heavy (non-hydrogen) atoms. The predicted octanol–water partition coefficient (Wildman–Crippen LogP) is 0.904. The van der Waals surface area contributed by atoms with Crippen molar-refractivity contribution in [2.75, 3.05) is 30.9 Å². The topological polar surface area (TPSA) is 130 Å². The lowest BCUT2D eigenvalue weighted by Crippen LogP contribution is -2.34. The Morgan fingerprint density at radius 3 is 2.28 bits per heavy atom. The van der Waals surface area contributed by atoms with E-state index in [2.05, 4.69) is 5.32 Å². The zero-order valence-electron chi connectivity index (χ0n) is 16.6. The molecule has 10 heteroatoms. The highest BCUT2D eigenvalue weighted by molar-refractivity contribution is 7.89. The molecule has 1 aromatic rings. The van der Waals surface area contributed by atoms with E-state index in [1.165, 1.54) is 17.0 Å². The molecule has 3 rings (SSSR count). The van der Waals surface area contributed by atoms with Gasteiger partial charge in [-0.3, -0.25) is 19.3 Å². The van der Waals surface area contributed by atoms with Gasteiger partial charge < -0.3 is 10.2 Å². The Kier molecular flexibility index (Phi) is 5.95. The van der Waals surface area contributed by atoms with Gasteiger partial charge in [-0.25, -0.2) is 13.6 Å². The SMILES string of the molecule is CN(C)c1ccc(S(N)(=O)=O)cc1NC(=O)CCN1C(=O)[C@H]2CCCC[C@H]2C1=O. The molecule has 2 atom stereocenters. The molecule has 1 heterocycles. The summed E-state index contributed by atoms with van der Waals surface area (Å²) in [6, 6.07) is 4.21. The standard InChI is InChI=1S/C19H26N4O5S/c1-22(2)16-8-7-12(29(20,27)28)11-15(16)21-17(24)9-10-23-18(25)13-5-3-4-6-14(13)19(23)26/h7-8,11,13-14H,3-6,9-10H2,1-2H3,(H,21,24)(H2,20,27,28)/t13-,14+. The van der Waals surface area contributed by atoms with Gasteiger partial charge in [-0.05, 0) is 31.0 Å². The lowest BCUT2D eigenvalue weighted by molar-refractivity contribution is -0.140. The van der Waals surface area contributed by atoms with E-state index in [0.717, 1.165) is 25.7 Å². The van der Waals surface area contributed by atoms with Gasteiger partial charge in [-0.1, -0.05) is 12.8 Å². The van der Waals surface area contributed by atoms with Crippen LogP contribution in [0.5, 0.6) is 0 Å². The van der Waals surface area contributed by atoms with E-state index in [9.17, 15) is 22.8 Å². The van der Waals surface area contributed by atoms with E-state index >= 15 is 0 Å². The Labute approximate surface area is 170 Å². The second kappa shape index (κ2) is 8.11. The Balaban J connectivity index is 1.69. The third-order valence-electron chi connectivity index (χ3n) is 5.55. The van der Waals surface area contributed by atoms with Crippen LogP contribution in [0.4, 0.5) is 11.4 Å². The maximum atomic E-state index is 12.5. The monoisotopic (exact) mass is 422 g/mol. The summed E-state index contributed by atoms with van der Waals surface area (Å²) in [6.45, 7) is 0.0165. The van der Waals surface area contributed by atoms with Crippen molar-refractivity contribution >= 4 is 39.1 Å². The fraction of sp³-hybridized carbons (Fsp3) is 0.526. The normalized spacial score (nSPS) is 21.8. The second-order valence-electron chi connectivity index (χ2n) is 7.74. The van der Waals surface area contributed by atoms with Crippen LogP contribution >= 0.6 is 0 Å². The second-order valence-corrected chi connectivity index (χ2v) is 9.30. The minimum atomic E-state index is -3.92. The number of hydrogen-bond donors (Lipinski definition) is 2. The quantitative estimate of drug-likeness (QED) is 0.655. The molecular weight excluding hydrogens is 396 g/mol. The Hall–Kier alpha value is -2.46. The first-order chi connectivity index (χ1) is 13.6. The highest BCUT2D eigenvalue weighted by atomic mass is 32.2. The third-order valence-corrected chi connectivity index (χ3v) is 6.46. The fourth-order valence-electron chi connectivity index (χ4n) is 4.06. The van der Waals surface area contributed by atoms with E-state index < -0.39 is 15.9 Å². The third kappa shape index (κ3) is 4.43. The van der Waals surface area contributed by atoms with Crippen molar-refractivity contribution in [1.29, 1.82) is 0 Å². The van der Waals surface area contributed by atoms with Gasteiger partial charge in [0.1, 0.15) is 0 Å². The number of amides is 3. The van der Waals surface area contributed by atoms with Gasteiger partial charge in [0.2, 0.25) is 27.7 Å². The van der Waals surface area contributed by atoms with Crippen LogP contribution in [0, 0.1) is 11.8 Å². The van der Waals surface area contributed by atoms with E-state index in [4.69, 9.17) is 5.14 Å². The molecule has 2 aliphatic rings. The Bertz CT molecular complexity index is 920. The summed E-state index contributed by atoms with van der Waals surface area (Å²) in [5, 5.41) is 7.85. The first-order valence-electron chi connectivity index (χ1n) is 9.59. The number of sulfonamides is 1. The van der Waals surface area contributed by atoms with Crippen molar-refractivity contribution in [2.45, 2.75) is 37.0 Å². The molecule has 3 amide bonds. The number of rotatable bonds is 6. The molecule has 158 valence electrons. The van der Waals surface area contributed by atoms with Crippen LogP contribution in [0.15, 0.2) is 23.1 Å². The predicted molar refractivity (Wildman–Crippen MR) is 108 cm³/mol. The van der Waals surface area contributed by atoms with E-state index in [1.807, 2.05) is 0 Å². The average molecular weight is 423 g/mol. The molecule has 0 spiro atoms. The number of nitrogens with zero attached hydrogens (tertiary/aromatic N) is 2. The molecule has 0 radical (unpaired) electrons. The van der Waals surface area contributed by atoms with Gasteiger partial charge in [0, 0.05) is 27.1 Å². The van der Waals surface area contributed by atoms with Crippen LogP contribution in [0.3, 0.4) is 0 Å². The molecule has 3 N–H and O–H groups in total. The minimum absolute atomic E-state index is 0.0165. The smallest absolute Gasteiger partial charge is 0.238 e. The van der Waals surface area contributed by atoms with Gasteiger partial charge in [0.25, 0.3) is 0 Å². The molecule has 9 nitrogen and oxygen atoms in total. The van der Waals surface area contributed by atoms with Crippen LogP contribution in [0.1, 0.15) is 32.1 Å². The molecule has 1 aliphatic carbocycles. The number of likely N-dealkylation sites (tertiary alicyclic amines) is 1. The number of nitrogens with two attached hydrogens (primary N) is 1. The highest BCUT2D eigenvalue weighted by Gasteiger charge is 2.47. The van der Waals surface area contributed by atoms with Crippen molar-refractivity contribution in [3.05, 3.63) is 18.2 Å². The number of primary sulfonamides is 1. The summed E-state index contributed by atoms with van der Waals surface area (Å²) in [6.07, 6.45) is 3.28. The first kappa shape index (κ1) is 21.3. The summed E-state index contributed by atoms with van der Waals surface area (Å²) in [7, 11) is -0.413. The van der Waals surface area contributed by atoms with Crippen LogP contribution in [-0.2, 0) is 24.4 Å². The molecule has 0 bridgehead atoms. The van der Waals surface area contributed by atoms with Crippen molar-refractivity contribution in [1.82, 2.24) is 4.90 Å². The molecule has 0 aromatic heterocycles. The minimum Gasteiger partial charge on any atom is -0.376 e. The van der Waals surface area contributed by atoms with Crippen molar-refractivity contribution < 1.29 is 22.8 Å². The lowest BCUT2D eigenvalue weighted by atomic mass is 9.81. The van der Waals surface area contributed by atoms with Crippen LogP contribution in [0.25, 0.3) is 0 Å². The van der Waals surface area contributed by atoms with E-state index in [1.54, 1.807) is 25.1 Å². The van der Waals surface area contributed by atoms with Gasteiger partial charge in [-0.15, -0.1) is 0 Å². The molecule has 1 saturated heterocycles. The summed E-state index contributed by atoms with van der Waals surface area (Å²) < 4.78 is 23.2. The number of nitrogens with one attached hydrogen (secondary N) is 1. The zero-order chi connectivity index (χ0) is 21.3. The summed E-state index contributed by atoms with van der Waals surface area (Å²) in [5.41, 5.74) is 0.893. The highest BCUT2D eigenvalue weighted by Crippen LogP contribution is 2.38. The van der Waals surface area contributed by atoms with Crippen molar-refractivity contribution in [2.24, 2.45) is 17.0 Å². The van der Waals surface area contributed by atoms with Gasteiger partial charge in [0.05, 0.1) is 28.1 Å². The maximum Gasteiger partial charge on any atom is 0.238 e. The number of fused-ring (bicyclic) bond motifs is 1. The van der Waals surface area contributed by atoms with Crippen LogP contribution in [0.2, 0.25) is 0 Å². The fourth-order valence-corrected chi connectivity index (χ4v) is 4.60. The molecular formula is C19H26N4O5S. The molecule has 1 saturated carbocycles. The summed E-state index contributed by atoms with van der Waals surface area (Å²) in [4.78, 5) is 40.3. The largest absolute Gasteiger partial charge is 0.376 e. The van der Waals surface area contributed by atoms with Crippen LogP contribution < -0.4 is 15.4 Å². The number of carbonyl (C=O) groups excluding carboxylic acids is 3. The molecule has 1 aliphatic heterocycles. The number of carbonyl (C=O) groups is 3. The van der Waals surface area contributed by atoms with Crippen molar-refractivity contribution in [3.63, 3.8) is 0 Å². The number of anilines is 2. The Morgan fingerprint density at radius 1 is 1.17 bits per heavy atom. The van der Waals surface area contributed by atoms with Gasteiger partial charge >= 0.3 is 0 Å². The number of benzene rings is 1. The van der Waals surface area contributed by atoms with E-state index in [-0.39, 0.29) is 41.5 Å². The number of imide groups is 1. The lowest BCUT2D eigenvalue weighted by Gasteiger charge is -2.19. The summed E-state index contributed by atoms with van der Waals surface area (Å²) in [5.74, 6) is -1.28. The molecule has 2 fully saturated rings. The van der Waals surface area contributed by atoms with Crippen molar-refractivity contribution in [3.8, 4) is 0 Å². The van der Waals surface area contributed by atoms with Gasteiger partial charge in [0.15, 0.2) is 0 Å². The summed E-state index contributed by atoms with van der Waals surface area (Å²) >= 11 is 0. The Morgan fingerprint density at radius 2 is 1.76 bits per heavy atom. The zero-order valence-corrected chi connectivity index (χ0v) is 17.4. The average Bonchev–Trinajstić information content (AvgIpc) is 2.90. The van der Waals surface area contributed by atoms with Crippen LogP contribution in [-0.4, -0.2) is 51.7 Å². The van der Waals surface area contributed by atoms with Gasteiger partial charge in [-0.2, -0.15) is 0 Å². The molecule has 1 aromatic carbocycles. The molecule has 0 unspecified atom stereocenters. The van der Waals surface area contributed by atoms with E-state index in [0.29, 0.717) is 11.4 Å².